The summed E-state index contributed by atoms with van der Waals surface area (Å²) >= 11 is 0. The van der Waals surface area contributed by atoms with E-state index in [1.165, 1.54) is 19.2 Å². The van der Waals surface area contributed by atoms with Crippen molar-refractivity contribution >= 4 is 18.4 Å². The lowest BCUT2D eigenvalue weighted by Crippen LogP contribution is -2.14. The summed E-state index contributed by atoms with van der Waals surface area (Å²) in [6.45, 7) is 0. The molecule has 0 saturated heterocycles. The third kappa shape index (κ3) is 4.66. The maximum absolute atomic E-state index is 12.1. The Morgan fingerprint density at radius 2 is 1.88 bits per heavy atom. The fourth-order valence-corrected chi connectivity index (χ4v) is 1.31. The van der Waals surface area contributed by atoms with Gasteiger partial charge in [-0.25, -0.2) is 13.6 Å². The summed E-state index contributed by atoms with van der Waals surface area (Å²) < 4.78 is 28.7. The topological polar surface area (TPSA) is 52.3 Å². The summed E-state index contributed by atoms with van der Waals surface area (Å²) in [4.78, 5) is 11.1. The Bertz CT molecular complexity index is 357. The molecule has 0 aliphatic carbocycles. The van der Waals surface area contributed by atoms with Gasteiger partial charge < -0.3 is 10.5 Å². The zero-order valence-corrected chi connectivity index (χ0v) is 10.0. The van der Waals surface area contributed by atoms with Crippen molar-refractivity contribution in [1.29, 1.82) is 0 Å². The highest BCUT2D eigenvalue weighted by Crippen LogP contribution is 2.18. The molecule has 3 nitrogen and oxygen atoms in total. The Morgan fingerprint density at radius 1 is 1.35 bits per heavy atom. The van der Waals surface area contributed by atoms with E-state index in [1.54, 1.807) is 12.1 Å². The highest BCUT2D eigenvalue weighted by molar-refractivity contribution is 5.89. The lowest BCUT2D eigenvalue weighted by atomic mass is 10.0. The van der Waals surface area contributed by atoms with Gasteiger partial charge in [0, 0.05) is 12.5 Å². The van der Waals surface area contributed by atoms with Crippen molar-refractivity contribution in [2.45, 2.75) is 18.9 Å². The first kappa shape index (κ1) is 15.8. The molecule has 0 aliphatic rings. The molecule has 1 atom stereocenters. The van der Waals surface area contributed by atoms with Gasteiger partial charge in [0.15, 0.2) is 0 Å². The van der Waals surface area contributed by atoms with E-state index >= 15 is 0 Å². The summed E-state index contributed by atoms with van der Waals surface area (Å²) in [5.74, 6) is -0.464. The summed E-state index contributed by atoms with van der Waals surface area (Å²) in [6.07, 6.45) is -2.83. The van der Waals surface area contributed by atoms with Crippen LogP contribution in [0.25, 0.3) is 0 Å². The number of benzene rings is 1. The first-order valence-corrected chi connectivity index (χ1v) is 4.76. The number of hydrogen-bond acceptors (Lipinski definition) is 3. The quantitative estimate of drug-likeness (QED) is 0.851. The van der Waals surface area contributed by atoms with Gasteiger partial charge in [0.1, 0.15) is 0 Å². The number of esters is 1. The first-order valence-electron chi connectivity index (χ1n) is 4.76. The van der Waals surface area contributed by atoms with E-state index < -0.39 is 24.9 Å². The molecule has 0 saturated carbocycles. The van der Waals surface area contributed by atoms with Gasteiger partial charge in [-0.2, -0.15) is 0 Å². The Kier molecular flexibility index (Phi) is 6.68. The average molecular weight is 266 g/mol. The number of ether oxygens (including phenoxy) is 1. The van der Waals surface area contributed by atoms with E-state index in [1.807, 2.05) is 0 Å². The van der Waals surface area contributed by atoms with E-state index in [0.29, 0.717) is 11.1 Å². The zero-order valence-electron chi connectivity index (χ0n) is 9.23. The average Bonchev–Trinajstić information content (AvgIpc) is 2.27. The maximum Gasteiger partial charge on any atom is 0.337 e. The van der Waals surface area contributed by atoms with Crippen molar-refractivity contribution in [3.8, 4) is 0 Å². The van der Waals surface area contributed by atoms with Crippen LogP contribution in [0, 0.1) is 0 Å². The molecule has 0 spiro atoms. The van der Waals surface area contributed by atoms with Gasteiger partial charge in [0.25, 0.3) is 0 Å². The summed E-state index contributed by atoms with van der Waals surface area (Å²) in [6, 6.07) is 5.41. The normalized spacial score (nSPS) is 11.8. The Labute approximate surface area is 104 Å². The fraction of sp³-hybridized carbons (Fsp3) is 0.364. The van der Waals surface area contributed by atoms with Gasteiger partial charge >= 0.3 is 5.97 Å². The molecular formula is C11H14ClF2NO2. The predicted molar refractivity (Wildman–Crippen MR) is 62.6 cm³/mol. The molecular weight excluding hydrogens is 252 g/mol. The molecule has 6 heteroatoms. The molecule has 1 aromatic carbocycles. The number of carbonyl (C=O) groups is 1. The SMILES string of the molecule is COC(=O)c1ccc([C@@H](N)CC(F)F)cc1.Cl. The van der Waals surface area contributed by atoms with Crippen molar-refractivity contribution in [3.63, 3.8) is 0 Å². The fourth-order valence-electron chi connectivity index (χ4n) is 1.31. The first-order chi connectivity index (χ1) is 7.54. The number of halogens is 3. The smallest absolute Gasteiger partial charge is 0.337 e. The van der Waals surface area contributed by atoms with E-state index in [-0.39, 0.29) is 12.4 Å². The van der Waals surface area contributed by atoms with Gasteiger partial charge in [-0.05, 0) is 17.7 Å². The van der Waals surface area contributed by atoms with Crippen LogP contribution in [0.2, 0.25) is 0 Å². The van der Waals surface area contributed by atoms with Crippen LogP contribution in [-0.2, 0) is 4.74 Å². The molecule has 1 aromatic rings. The van der Waals surface area contributed by atoms with E-state index in [2.05, 4.69) is 4.74 Å². The molecule has 0 heterocycles. The minimum atomic E-state index is -2.43. The van der Waals surface area contributed by atoms with E-state index in [0.717, 1.165) is 0 Å². The van der Waals surface area contributed by atoms with Crippen LogP contribution < -0.4 is 5.73 Å². The van der Waals surface area contributed by atoms with Crippen molar-refractivity contribution in [3.05, 3.63) is 35.4 Å². The van der Waals surface area contributed by atoms with Crippen molar-refractivity contribution in [2.24, 2.45) is 5.73 Å². The van der Waals surface area contributed by atoms with Crippen molar-refractivity contribution < 1.29 is 18.3 Å². The van der Waals surface area contributed by atoms with E-state index in [9.17, 15) is 13.6 Å². The molecule has 0 radical (unpaired) electrons. The number of carbonyl (C=O) groups excluding carboxylic acids is 1. The maximum atomic E-state index is 12.1. The minimum absolute atomic E-state index is 0. The lowest BCUT2D eigenvalue weighted by molar-refractivity contribution is 0.0600. The second-order valence-electron chi connectivity index (χ2n) is 3.35. The zero-order chi connectivity index (χ0) is 12.1. The van der Waals surface area contributed by atoms with Crippen LogP contribution in [0.3, 0.4) is 0 Å². The molecule has 0 aliphatic heterocycles. The van der Waals surface area contributed by atoms with Gasteiger partial charge in [0.05, 0.1) is 12.7 Å². The number of alkyl halides is 2. The number of rotatable bonds is 4. The van der Waals surface area contributed by atoms with Gasteiger partial charge in [-0.15, -0.1) is 12.4 Å². The molecule has 0 amide bonds. The second kappa shape index (κ2) is 7.19. The Morgan fingerprint density at radius 3 is 2.29 bits per heavy atom. The monoisotopic (exact) mass is 265 g/mol. The van der Waals surface area contributed by atoms with Crippen LogP contribution in [0.1, 0.15) is 28.4 Å². The largest absolute Gasteiger partial charge is 0.465 e. The standard InChI is InChI=1S/C11H13F2NO2.ClH/c1-16-11(15)8-4-2-7(3-5-8)9(14)6-10(12)13;/h2-5,9-10H,6,14H2,1H3;1H/t9-;/m0./s1. The van der Waals surface area contributed by atoms with E-state index in [4.69, 9.17) is 5.73 Å². The third-order valence-electron chi connectivity index (χ3n) is 2.19. The van der Waals surface area contributed by atoms with Crippen LogP contribution >= 0.6 is 12.4 Å². The highest BCUT2D eigenvalue weighted by atomic mass is 35.5. The van der Waals surface area contributed by atoms with Crippen molar-refractivity contribution in [1.82, 2.24) is 0 Å². The lowest BCUT2D eigenvalue weighted by Gasteiger charge is -2.11. The van der Waals surface area contributed by atoms with Gasteiger partial charge in [0.2, 0.25) is 6.43 Å². The van der Waals surface area contributed by atoms with Crippen LogP contribution in [0.4, 0.5) is 8.78 Å². The van der Waals surface area contributed by atoms with Crippen LogP contribution in [-0.4, -0.2) is 19.5 Å². The molecule has 0 fully saturated rings. The third-order valence-corrected chi connectivity index (χ3v) is 2.19. The second-order valence-corrected chi connectivity index (χ2v) is 3.35. The molecule has 0 aromatic heterocycles. The molecule has 0 bridgehead atoms. The summed E-state index contributed by atoms with van der Waals surface area (Å²) in [7, 11) is 1.28. The molecule has 1 rings (SSSR count). The molecule has 2 N–H and O–H groups in total. The van der Waals surface area contributed by atoms with Crippen LogP contribution in [0.15, 0.2) is 24.3 Å². The molecule has 0 unspecified atom stereocenters. The van der Waals surface area contributed by atoms with Crippen LogP contribution in [0.5, 0.6) is 0 Å². The van der Waals surface area contributed by atoms with Gasteiger partial charge in [-0.1, -0.05) is 12.1 Å². The predicted octanol–water partition coefficient (Wildman–Crippen LogP) is 2.55. The molecule has 96 valence electrons. The molecule has 17 heavy (non-hydrogen) atoms. The summed E-state index contributed by atoms with van der Waals surface area (Å²) in [5, 5.41) is 0. The Balaban J connectivity index is 0.00000256. The Hall–Kier alpha value is -1.20. The van der Waals surface area contributed by atoms with Gasteiger partial charge in [-0.3, -0.25) is 0 Å². The number of hydrogen-bond donors (Lipinski definition) is 1. The summed E-state index contributed by atoms with van der Waals surface area (Å²) in [5.41, 5.74) is 6.51. The number of nitrogens with two attached hydrogens (primary N) is 1. The minimum Gasteiger partial charge on any atom is -0.465 e. The number of methoxy groups -OCH3 is 1. The highest BCUT2D eigenvalue weighted by Gasteiger charge is 2.13. The van der Waals surface area contributed by atoms with Crippen molar-refractivity contribution in [2.75, 3.05) is 7.11 Å².